The van der Waals surface area contributed by atoms with E-state index in [2.05, 4.69) is 35.2 Å². The van der Waals surface area contributed by atoms with Gasteiger partial charge in [-0.2, -0.15) is 0 Å². The molecule has 2 fully saturated rings. The van der Waals surface area contributed by atoms with E-state index in [0.717, 1.165) is 32.4 Å². The SMILES string of the molecule is O=C(c1ccccc1)N1CC[C@@H](N2CCC(c3ccccc3)CC2)[C@H](O)C1. The highest BCUT2D eigenvalue weighted by atomic mass is 16.3. The summed E-state index contributed by atoms with van der Waals surface area (Å²) in [5.41, 5.74) is 2.13. The second-order valence-corrected chi connectivity index (χ2v) is 7.76. The number of benzene rings is 2. The number of carbonyl (C=O) groups is 1. The minimum atomic E-state index is -0.473. The normalized spacial score (nSPS) is 24.7. The molecule has 0 aromatic heterocycles. The molecule has 2 aromatic rings. The van der Waals surface area contributed by atoms with Crippen molar-refractivity contribution in [3.63, 3.8) is 0 Å². The first kappa shape index (κ1) is 18.2. The molecule has 2 heterocycles. The van der Waals surface area contributed by atoms with Crippen LogP contribution in [0, 0.1) is 0 Å². The van der Waals surface area contributed by atoms with Crippen LogP contribution in [0.15, 0.2) is 60.7 Å². The first-order valence-corrected chi connectivity index (χ1v) is 10.0. The average Bonchev–Trinajstić information content (AvgIpc) is 2.74. The van der Waals surface area contributed by atoms with Gasteiger partial charge in [-0.25, -0.2) is 0 Å². The van der Waals surface area contributed by atoms with Gasteiger partial charge < -0.3 is 10.0 Å². The third-order valence-electron chi connectivity index (χ3n) is 6.12. The number of rotatable bonds is 3. The number of hydrogen-bond donors (Lipinski definition) is 1. The van der Waals surface area contributed by atoms with Crippen molar-refractivity contribution in [3.8, 4) is 0 Å². The first-order valence-electron chi connectivity index (χ1n) is 10.0. The summed E-state index contributed by atoms with van der Waals surface area (Å²) < 4.78 is 0. The van der Waals surface area contributed by atoms with Crippen LogP contribution in [0.3, 0.4) is 0 Å². The molecule has 27 heavy (non-hydrogen) atoms. The van der Waals surface area contributed by atoms with Gasteiger partial charge >= 0.3 is 0 Å². The zero-order valence-electron chi connectivity index (χ0n) is 15.7. The number of nitrogens with zero attached hydrogens (tertiary/aromatic N) is 2. The van der Waals surface area contributed by atoms with Crippen molar-refractivity contribution in [2.24, 2.45) is 0 Å². The lowest BCUT2D eigenvalue weighted by molar-refractivity contribution is -0.0164. The standard InChI is InChI=1S/C23H28N2O2/c26-22-17-25(23(27)20-9-5-2-6-10-20)16-13-21(22)24-14-11-19(12-15-24)18-7-3-1-4-8-18/h1-10,19,21-22,26H,11-17H2/t21-,22-/m1/s1. The molecule has 0 spiro atoms. The van der Waals surface area contributed by atoms with Gasteiger partial charge in [0.1, 0.15) is 0 Å². The molecule has 2 aliphatic heterocycles. The van der Waals surface area contributed by atoms with Gasteiger partial charge in [-0.1, -0.05) is 48.5 Å². The summed E-state index contributed by atoms with van der Waals surface area (Å²) in [6.45, 7) is 3.19. The molecule has 0 bridgehead atoms. The maximum Gasteiger partial charge on any atom is 0.253 e. The van der Waals surface area contributed by atoms with Crippen molar-refractivity contribution in [3.05, 3.63) is 71.8 Å². The zero-order valence-corrected chi connectivity index (χ0v) is 15.7. The van der Waals surface area contributed by atoms with Crippen LogP contribution < -0.4 is 0 Å². The minimum Gasteiger partial charge on any atom is -0.390 e. The van der Waals surface area contributed by atoms with E-state index in [4.69, 9.17) is 0 Å². The van der Waals surface area contributed by atoms with Crippen molar-refractivity contribution in [2.75, 3.05) is 26.2 Å². The minimum absolute atomic E-state index is 0.0240. The number of likely N-dealkylation sites (tertiary alicyclic amines) is 2. The third kappa shape index (κ3) is 4.07. The molecule has 142 valence electrons. The highest BCUT2D eigenvalue weighted by Crippen LogP contribution is 2.30. The highest BCUT2D eigenvalue weighted by molar-refractivity contribution is 5.94. The Morgan fingerprint density at radius 2 is 1.48 bits per heavy atom. The van der Waals surface area contributed by atoms with Crippen molar-refractivity contribution < 1.29 is 9.90 Å². The summed E-state index contributed by atoms with van der Waals surface area (Å²) in [6.07, 6.45) is 2.65. The van der Waals surface area contributed by atoms with Crippen LogP contribution in [0.25, 0.3) is 0 Å². The molecule has 1 N–H and O–H groups in total. The van der Waals surface area contributed by atoms with E-state index in [1.54, 1.807) is 4.90 Å². The monoisotopic (exact) mass is 364 g/mol. The molecular formula is C23H28N2O2. The van der Waals surface area contributed by atoms with E-state index in [1.165, 1.54) is 5.56 Å². The topological polar surface area (TPSA) is 43.8 Å². The lowest BCUT2D eigenvalue weighted by Crippen LogP contribution is -2.56. The smallest absolute Gasteiger partial charge is 0.253 e. The maximum absolute atomic E-state index is 12.6. The Bertz CT molecular complexity index is 741. The largest absolute Gasteiger partial charge is 0.390 e. The number of aliphatic hydroxyl groups is 1. The van der Waals surface area contributed by atoms with Crippen LogP contribution in [0.1, 0.15) is 41.1 Å². The van der Waals surface area contributed by atoms with E-state index >= 15 is 0 Å². The molecule has 4 rings (SSSR count). The van der Waals surface area contributed by atoms with Crippen LogP contribution in [-0.2, 0) is 0 Å². The maximum atomic E-state index is 12.6. The van der Waals surface area contributed by atoms with Gasteiger partial charge in [0, 0.05) is 24.7 Å². The summed E-state index contributed by atoms with van der Waals surface area (Å²) in [4.78, 5) is 16.9. The Balaban J connectivity index is 1.32. The number of β-amino-alcohol motifs (C(OH)–C–C–N with tert-alkyl or cyclic N) is 1. The second kappa shape index (κ2) is 8.24. The second-order valence-electron chi connectivity index (χ2n) is 7.76. The molecule has 2 atom stereocenters. The van der Waals surface area contributed by atoms with Crippen LogP contribution in [0.4, 0.5) is 0 Å². The zero-order chi connectivity index (χ0) is 18.6. The van der Waals surface area contributed by atoms with Crippen molar-refractivity contribution in [1.82, 2.24) is 9.80 Å². The molecule has 1 amide bonds. The van der Waals surface area contributed by atoms with Crippen molar-refractivity contribution in [2.45, 2.75) is 37.3 Å². The fourth-order valence-corrected chi connectivity index (χ4v) is 4.58. The predicted molar refractivity (Wildman–Crippen MR) is 107 cm³/mol. The lowest BCUT2D eigenvalue weighted by atomic mass is 9.87. The van der Waals surface area contributed by atoms with Gasteiger partial charge in [0.05, 0.1) is 6.10 Å². The molecule has 0 unspecified atom stereocenters. The fraction of sp³-hybridized carbons (Fsp3) is 0.435. The molecule has 0 radical (unpaired) electrons. The number of aliphatic hydroxyl groups excluding tert-OH is 1. The molecule has 4 heteroatoms. The molecule has 2 aliphatic rings. The van der Waals surface area contributed by atoms with E-state index < -0.39 is 6.10 Å². The van der Waals surface area contributed by atoms with E-state index in [9.17, 15) is 9.90 Å². The van der Waals surface area contributed by atoms with Gasteiger partial charge in [0.15, 0.2) is 0 Å². The van der Waals surface area contributed by atoms with Gasteiger partial charge in [-0.05, 0) is 56.0 Å². The average molecular weight is 364 g/mol. The van der Waals surface area contributed by atoms with Gasteiger partial charge in [0.25, 0.3) is 5.91 Å². The molecule has 0 aliphatic carbocycles. The predicted octanol–water partition coefficient (Wildman–Crippen LogP) is 3.14. The summed E-state index contributed by atoms with van der Waals surface area (Å²) in [5.74, 6) is 0.648. The van der Waals surface area contributed by atoms with E-state index in [0.29, 0.717) is 24.6 Å². The molecule has 4 nitrogen and oxygen atoms in total. The van der Waals surface area contributed by atoms with Crippen LogP contribution >= 0.6 is 0 Å². The molecular weight excluding hydrogens is 336 g/mol. The van der Waals surface area contributed by atoms with E-state index in [1.807, 2.05) is 30.3 Å². The Morgan fingerprint density at radius 1 is 0.852 bits per heavy atom. The molecule has 2 aromatic carbocycles. The summed E-state index contributed by atoms with van der Waals surface area (Å²) in [7, 11) is 0. The van der Waals surface area contributed by atoms with Crippen LogP contribution in [0.5, 0.6) is 0 Å². The first-order chi connectivity index (χ1) is 13.2. The fourth-order valence-electron chi connectivity index (χ4n) is 4.58. The summed E-state index contributed by atoms with van der Waals surface area (Å²) in [5, 5.41) is 10.7. The molecule has 2 saturated heterocycles. The van der Waals surface area contributed by atoms with Gasteiger partial charge in [0.2, 0.25) is 0 Å². The van der Waals surface area contributed by atoms with Gasteiger partial charge in [-0.15, -0.1) is 0 Å². The summed E-state index contributed by atoms with van der Waals surface area (Å²) >= 11 is 0. The van der Waals surface area contributed by atoms with E-state index in [-0.39, 0.29) is 11.9 Å². The number of piperidine rings is 2. The third-order valence-corrected chi connectivity index (χ3v) is 6.12. The number of amides is 1. The quantitative estimate of drug-likeness (QED) is 0.910. The Kier molecular flexibility index (Phi) is 5.55. The Morgan fingerprint density at radius 3 is 2.11 bits per heavy atom. The van der Waals surface area contributed by atoms with Crippen molar-refractivity contribution in [1.29, 1.82) is 0 Å². The highest BCUT2D eigenvalue weighted by Gasteiger charge is 2.35. The van der Waals surface area contributed by atoms with Gasteiger partial charge in [-0.3, -0.25) is 9.69 Å². The number of carbonyl (C=O) groups excluding carboxylic acids is 1. The number of hydrogen-bond acceptors (Lipinski definition) is 3. The van der Waals surface area contributed by atoms with Crippen LogP contribution in [0.2, 0.25) is 0 Å². The summed E-state index contributed by atoms with van der Waals surface area (Å²) in [6, 6.07) is 20.3. The lowest BCUT2D eigenvalue weighted by Gasteiger charge is -2.44. The Hall–Kier alpha value is -2.17. The molecule has 0 saturated carbocycles. The van der Waals surface area contributed by atoms with Crippen molar-refractivity contribution >= 4 is 5.91 Å². The Labute approximate surface area is 161 Å². The van der Waals surface area contributed by atoms with Crippen LogP contribution in [-0.4, -0.2) is 59.1 Å².